The third-order valence-electron chi connectivity index (χ3n) is 2.37. The van der Waals surface area contributed by atoms with Crippen molar-refractivity contribution in [3.05, 3.63) is 29.3 Å². The molecule has 1 atom stereocenters. The van der Waals surface area contributed by atoms with Crippen molar-refractivity contribution in [2.75, 3.05) is 5.73 Å². The van der Waals surface area contributed by atoms with Crippen LogP contribution in [0.25, 0.3) is 0 Å². The van der Waals surface area contributed by atoms with Crippen LogP contribution in [0.15, 0.2) is 18.2 Å². The number of aryl methyl sites for hydroxylation is 1. The van der Waals surface area contributed by atoms with Crippen molar-refractivity contribution in [3.63, 3.8) is 0 Å². The molecule has 0 saturated heterocycles. The van der Waals surface area contributed by atoms with Gasteiger partial charge in [-0.15, -0.1) is 0 Å². The first kappa shape index (κ1) is 13.0. The molecule has 0 radical (unpaired) electrons. The summed E-state index contributed by atoms with van der Waals surface area (Å²) in [5, 5.41) is 26.6. The summed E-state index contributed by atoms with van der Waals surface area (Å²) in [5.74, 6) is -2.36. The minimum atomic E-state index is -1.69. The van der Waals surface area contributed by atoms with Gasteiger partial charge in [0.25, 0.3) is 0 Å². The molecular formula is C11H13NO5. The van der Waals surface area contributed by atoms with Crippen LogP contribution in [0.3, 0.4) is 0 Å². The molecule has 6 heteroatoms. The average Bonchev–Trinajstić information content (AvgIpc) is 2.26. The average molecular weight is 239 g/mol. The lowest BCUT2D eigenvalue weighted by atomic mass is 10.00. The maximum absolute atomic E-state index is 10.6. The van der Waals surface area contributed by atoms with Crippen LogP contribution in [0.2, 0.25) is 0 Å². The molecule has 1 aromatic carbocycles. The van der Waals surface area contributed by atoms with Crippen molar-refractivity contribution >= 4 is 17.6 Å². The van der Waals surface area contributed by atoms with Crippen LogP contribution in [-0.4, -0.2) is 27.3 Å². The number of carbonyl (C=O) groups is 2. The fraction of sp³-hybridized carbons (Fsp3) is 0.273. The molecule has 6 nitrogen and oxygen atoms in total. The molecule has 1 rings (SSSR count). The van der Waals surface area contributed by atoms with E-state index in [4.69, 9.17) is 15.9 Å². The number of carboxylic acid groups (broad SMARTS) is 2. The fourth-order valence-electron chi connectivity index (χ4n) is 1.46. The zero-order valence-electron chi connectivity index (χ0n) is 8.96. The normalized spacial score (nSPS) is 12.1. The van der Waals surface area contributed by atoms with Gasteiger partial charge in [0.1, 0.15) is 0 Å². The van der Waals surface area contributed by atoms with Gasteiger partial charge >= 0.3 is 11.9 Å². The predicted octanol–water partition coefficient (Wildman–Crippen LogP) is 0.404. The Bertz CT molecular complexity index is 443. The van der Waals surface area contributed by atoms with Crippen LogP contribution < -0.4 is 5.73 Å². The van der Waals surface area contributed by atoms with E-state index >= 15 is 0 Å². The maximum atomic E-state index is 10.6. The van der Waals surface area contributed by atoms with Crippen molar-refractivity contribution in [2.24, 2.45) is 0 Å². The highest BCUT2D eigenvalue weighted by Crippen LogP contribution is 2.25. The number of anilines is 1. The fourth-order valence-corrected chi connectivity index (χ4v) is 1.46. The van der Waals surface area contributed by atoms with Gasteiger partial charge < -0.3 is 21.1 Å². The van der Waals surface area contributed by atoms with Gasteiger partial charge in [-0.3, -0.25) is 4.79 Å². The van der Waals surface area contributed by atoms with Crippen molar-refractivity contribution in [1.29, 1.82) is 0 Å². The lowest BCUT2D eigenvalue weighted by Gasteiger charge is -2.12. The Hall–Kier alpha value is -2.08. The van der Waals surface area contributed by atoms with Gasteiger partial charge in [0.15, 0.2) is 6.10 Å². The number of aliphatic hydroxyl groups is 1. The van der Waals surface area contributed by atoms with E-state index in [-0.39, 0.29) is 24.1 Å². The Morgan fingerprint density at radius 2 is 1.94 bits per heavy atom. The topological polar surface area (TPSA) is 121 Å². The summed E-state index contributed by atoms with van der Waals surface area (Å²) in [6, 6.07) is 4.55. The monoisotopic (exact) mass is 239 g/mol. The number of nitrogen functional groups attached to an aromatic ring is 1. The summed E-state index contributed by atoms with van der Waals surface area (Å²) < 4.78 is 0. The maximum Gasteiger partial charge on any atom is 0.337 e. The van der Waals surface area contributed by atoms with E-state index in [1.807, 2.05) is 0 Å². The van der Waals surface area contributed by atoms with Crippen molar-refractivity contribution in [2.45, 2.75) is 18.9 Å². The quantitative estimate of drug-likeness (QED) is 0.552. The molecular weight excluding hydrogens is 226 g/mol. The van der Waals surface area contributed by atoms with E-state index in [1.165, 1.54) is 12.1 Å². The lowest BCUT2D eigenvalue weighted by Crippen LogP contribution is -2.13. The zero-order chi connectivity index (χ0) is 13.0. The minimum absolute atomic E-state index is 0.0837. The first-order valence-electron chi connectivity index (χ1n) is 4.93. The summed E-state index contributed by atoms with van der Waals surface area (Å²) in [6.45, 7) is 0. The van der Waals surface area contributed by atoms with Gasteiger partial charge in [0.2, 0.25) is 0 Å². The summed E-state index contributed by atoms with van der Waals surface area (Å²) >= 11 is 0. The number of hydrogen-bond acceptors (Lipinski definition) is 4. The third kappa shape index (κ3) is 3.18. The molecule has 17 heavy (non-hydrogen) atoms. The van der Waals surface area contributed by atoms with Gasteiger partial charge in [0.05, 0.1) is 0 Å². The van der Waals surface area contributed by atoms with Gasteiger partial charge in [-0.25, -0.2) is 4.79 Å². The number of aliphatic hydroxyl groups excluding tert-OH is 1. The molecule has 0 saturated carbocycles. The van der Waals surface area contributed by atoms with E-state index in [0.717, 1.165) is 0 Å². The lowest BCUT2D eigenvalue weighted by molar-refractivity contribution is -0.147. The van der Waals surface area contributed by atoms with Crippen molar-refractivity contribution < 1.29 is 24.9 Å². The molecule has 1 aromatic rings. The largest absolute Gasteiger partial charge is 0.481 e. The number of carboxylic acids is 2. The van der Waals surface area contributed by atoms with Crippen molar-refractivity contribution in [1.82, 2.24) is 0 Å². The van der Waals surface area contributed by atoms with E-state index in [2.05, 4.69) is 0 Å². The molecule has 0 heterocycles. The molecule has 0 aliphatic rings. The van der Waals surface area contributed by atoms with Crippen LogP contribution in [0, 0.1) is 0 Å². The van der Waals surface area contributed by atoms with Crippen LogP contribution in [0.5, 0.6) is 0 Å². The molecule has 5 N–H and O–H groups in total. The van der Waals surface area contributed by atoms with Crippen LogP contribution >= 0.6 is 0 Å². The third-order valence-corrected chi connectivity index (χ3v) is 2.37. The molecule has 0 fully saturated rings. The molecule has 0 bridgehead atoms. The van der Waals surface area contributed by atoms with Gasteiger partial charge in [-0.1, -0.05) is 18.2 Å². The van der Waals surface area contributed by atoms with E-state index in [0.29, 0.717) is 5.56 Å². The molecule has 92 valence electrons. The summed E-state index contributed by atoms with van der Waals surface area (Å²) in [6.07, 6.45) is -1.60. The van der Waals surface area contributed by atoms with Gasteiger partial charge in [0, 0.05) is 17.7 Å². The minimum Gasteiger partial charge on any atom is -0.481 e. The van der Waals surface area contributed by atoms with E-state index in [9.17, 15) is 14.7 Å². The van der Waals surface area contributed by atoms with Crippen LogP contribution in [0.4, 0.5) is 5.69 Å². The number of benzene rings is 1. The van der Waals surface area contributed by atoms with Crippen LogP contribution in [-0.2, 0) is 16.0 Å². The molecule has 0 aromatic heterocycles. The Labute approximate surface area is 97.3 Å². The van der Waals surface area contributed by atoms with Gasteiger partial charge in [-0.05, 0) is 12.0 Å². The summed E-state index contributed by atoms with van der Waals surface area (Å²) in [5.41, 5.74) is 6.42. The molecule has 0 aliphatic carbocycles. The SMILES string of the molecule is Nc1c(CCC(=O)O)cccc1C(O)C(=O)O. The summed E-state index contributed by atoms with van der Waals surface area (Å²) in [7, 11) is 0. The highest BCUT2D eigenvalue weighted by atomic mass is 16.4. The Morgan fingerprint density at radius 1 is 1.29 bits per heavy atom. The van der Waals surface area contributed by atoms with Gasteiger partial charge in [-0.2, -0.15) is 0 Å². The number of rotatable bonds is 5. The predicted molar refractivity (Wildman–Crippen MR) is 59.4 cm³/mol. The summed E-state index contributed by atoms with van der Waals surface area (Å²) in [4.78, 5) is 21.1. The second kappa shape index (κ2) is 5.31. The standard InChI is InChI=1S/C11H13NO5/c12-9-6(4-5-8(13)14)2-1-3-7(9)10(15)11(16)17/h1-3,10,15H,4-5,12H2,(H,13,14)(H,16,17). The highest BCUT2D eigenvalue weighted by molar-refractivity contribution is 5.77. The number of nitrogens with two attached hydrogens (primary N) is 1. The first-order valence-corrected chi connectivity index (χ1v) is 4.93. The van der Waals surface area contributed by atoms with Crippen LogP contribution in [0.1, 0.15) is 23.7 Å². The Balaban J connectivity index is 2.98. The highest BCUT2D eigenvalue weighted by Gasteiger charge is 2.19. The Kier molecular flexibility index (Phi) is 4.06. The Morgan fingerprint density at radius 3 is 2.47 bits per heavy atom. The second-order valence-electron chi connectivity index (χ2n) is 3.55. The smallest absolute Gasteiger partial charge is 0.337 e. The van der Waals surface area contributed by atoms with E-state index < -0.39 is 18.0 Å². The van der Waals surface area contributed by atoms with E-state index in [1.54, 1.807) is 6.07 Å². The first-order chi connectivity index (χ1) is 7.93. The molecule has 0 amide bonds. The molecule has 1 unspecified atom stereocenters. The number of aliphatic carboxylic acids is 2. The molecule has 0 spiro atoms. The molecule has 0 aliphatic heterocycles. The number of para-hydroxylation sites is 1. The zero-order valence-corrected chi connectivity index (χ0v) is 8.96. The number of hydrogen-bond donors (Lipinski definition) is 4. The second-order valence-corrected chi connectivity index (χ2v) is 3.55. The van der Waals surface area contributed by atoms with Crippen molar-refractivity contribution in [3.8, 4) is 0 Å².